The van der Waals surface area contributed by atoms with Gasteiger partial charge in [-0.15, -0.1) is 0 Å². The smallest absolute Gasteiger partial charge is 0.238 e. The highest BCUT2D eigenvalue weighted by Gasteiger charge is 1.98. The number of hydrogen-bond donors (Lipinski definition) is 3. The number of amides is 1. The molecule has 13 heavy (non-hydrogen) atoms. The summed E-state index contributed by atoms with van der Waals surface area (Å²) in [6, 6.07) is 7.37. The number of carbonyl (C=O) groups excluding carboxylic acids is 1. The molecule has 0 spiro atoms. The fourth-order valence-corrected chi connectivity index (χ4v) is 0.988. The lowest BCUT2D eigenvalue weighted by atomic mass is 10.2. The van der Waals surface area contributed by atoms with Gasteiger partial charge in [0, 0.05) is 12.2 Å². The molecule has 4 heteroatoms. The third-order valence-electron chi connectivity index (χ3n) is 1.63. The zero-order valence-corrected chi connectivity index (χ0v) is 7.29. The largest absolute Gasteiger partial charge is 0.326 e. The minimum atomic E-state index is -0.200. The van der Waals surface area contributed by atoms with Gasteiger partial charge in [-0.25, -0.2) is 0 Å². The second-order valence-electron chi connectivity index (χ2n) is 2.66. The third-order valence-corrected chi connectivity index (χ3v) is 1.63. The molecule has 0 aromatic heterocycles. The van der Waals surface area contributed by atoms with Crippen molar-refractivity contribution >= 4 is 11.6 Å². The molecule has 0 aliphatic heterocycles. The summed E-state index contributed by atoms with van der Waals surface area (Å²) in [4.78, 5) is 10.9. The fraction of sp³-hybridized carbons (Fsp3) is 0.222. The molecule has 1 aromatic rings. The molecule has 5 N–H and O–H groups in total. The zero-order valence-electron chi connectivity index (χ0n) is 7.29. The summed E-state index contributed by atoms with van der Waals surface area (Å²) in [5.41, 5.74) is 12.3. The Morgan fingerprint density at radius 2 is 2.15 bits per heavy atom. The van der Waals surface area contributed by atoms with E-state index in [9.17, 15) is 4.79 Å². The average Bonchev–Trinajstić information content (AvgIpc) is 2.18. The monoisotopic (exact) mass is 179 g/mol. The predicted octanol–water partition coefficient (Wildman–Crippen LogP) is 0.0425. The van der Waals surface area contributed by atoms with Gasteiger partial charge in [0.05, 0.1) is 6.54 Å². The van der Waals surface area contributed by atoms with E-state index in [0.29, 0.717) is 6.54 Å². The highest BCUT2D eigenvalue weighted by atomic mass is 16.1. The lowest BCUT2D eigenvalue weighted by Gasteiger charge is -2.04. The summed E-state index contributed by atoms with van der Waals surface area (Å²) in [5.74, 6) is -0.200. The number of carbonyl (C=O) groups is 1. The summed E-state index contributed by atoms with van der Waals surface area (Å²) in [6.07, 6.45) is 0. The SMILES string of the molecule is NCC(=O)Nc1cccc(CN)c1. The van der Waals surface area contributed by atoms with Crippen molar-refractivity contribution in [1.82, 2.24) is 0 Å². The van der Waals surface area contributed by atoms with E-state index in [-0.39, 0.29) is 12.5 Å². The van der Waals surface area contributed by atoms with E-state index in [4.69, 9.17) is 11.5 Å². The van der Waals surface area contributed by atoms with Crippen molar-refractivity contribution in [3.63, 3.8) is 0 Å². The zero-order chi connectivity index (χ0) is 9.68. The molecule has 0 saturated heterocycles. The van der Waals surface area contributed by atoms with Crippen LogP contribution in [-0.4, -0.2) is 12.5 Å². The standard InChI is InChI=1S/C9H13N3O/c10-5-7-2-1-3-8(4-7)12-9(13)6-11/h1-4H,5-6,10-11H2,(H,12,13). The fourth-order valence-electron chi connectivity index (χ4n) is 0.988. The highest BCUT2D eigenvalue weighted by molar-refractivity contribution is 5.92. The number of rotatable bonds is 3. The van der Waals surface area contributed by atoms with Gasteiger partial charge in [-0.2, -0.15) is 0 Å². The van der Waals surface area contributed by atoms with Crippen LogP contribution in [-0.2, 0) is 11.3 Å². The maximum atomic E-state index is 10.9. The van der Waals surface area contributed by atoms with Crippen molar-refractivity contribution in [1.29, 1.82) is 0 Å². The van der Waals surface area contributed by atoms with Crippen molar-refractivity contribution in [2.75, 3.05) is 11.9 Å². The molecule has 0 heterocycles. The summed E-state index contributed by atoms with van der Waals surface area (Å²) >= 11 is 0. The van der Waals surface area contributed by atoms with Gasteiger partial charge in [-0.1, -0.05) is 12.1 Å². The molecule has 0 aliphatic carbocycles. The molecular weight excluding hydrogens is 166 g/mol. The van der Waals surface area contributed by atoms with Crippen LogP contribution in [0, 0.1) is 0 Å². The number of benzene rings is 1. The molecule has 1 rings (SSSR count). The van der Waals surface area contributed by atoms with Crippen molar-refractivity contribution in [3.8, 4) is 0 Å². The lowest BCUT2D eigenvalue weighted by molar-refractivity contribution is -0.114. The summed E-state index contributed by atoms with van der Waals surface area (Å²) in [7, 11) is 0. The van der Waals surface area contributed by atoms with Gasteiger partial charge in [0.1, 0.15) is 0 Å². The van der Waals surface area contributed by atoms with Crippen LogP contribution in [0.2, 0.25) is 0 Å². The minimum Gasteiger partial charge on any atom is -0.326 e. The summed E-state index contributed by atoms with van der Waals surface area (Å²) in [5, 5.41) is 2.65. The van der Waals surface area contributed by atoms with Crippen LogP contribution >= 0.6 is 0 Å². The van der Waals surface area contributed by atoms with Crippen LogP contribution in [0.15, 0.2) is 24.3 Å². The first-order valence-corrected chi connectivity index (χ1v) is 4.05. The second kappa shape index (κ2) is 4.59. The molecule has 0 aliphatic rings. The Kier molecular flexibility index (Phi) is 3.42. The number of anilines is 1. The summed E-state index contributed by atoms with van der Waals surface area (Å²) < 4.78 is 0. The maximum absolute atomic E-state index is 10.9. The van der Waals surface area contributed by atoms with E-state index in [1.807, 2.05) is 18.2 Å². The molecule has 70 valence electrons. The number of nitrogens with two attached hydrogens (primary N) is 2. The van der Waals surface area contributed by atoms with E-state index in [0.717, 1.165) is 11.3 Å². The van der Waals surface area contributed by atoms with Crippen LogP contribution in [0.4, 0.5) is 5.69 Å². The Hall–Kier alpha value is -1.39. The topological polar surface area (TPSA) is 81.1 Å². The van der Waals surface area contributed by atoms with Gasteiger partial charge in [-0.05, 0) is 17.7 Å². The van der Waals surface area contributed by atoms with Crippen LogP contribution in [0.1, 0.15) is 5.56 Å². The Bertz CT molecular complexity index is 299. The van der Waals surface area contributed by atoms with Gasteiger partial charge < -0.3 is 16.8 Å². The lowest BCUT2D eigenvalue weighted by Crippen LogP contribution is -2.21. The van der Waals surface area contributed by atoms with Crippen LogP contribution in [0.25, 0.3) is 0 Å². The maximum Gasteiger partial charge on any atom is 0.238 e. The first-order chi connectivity index (χ1) is 6.26. The molecule has 1 aromatic carbocycles. The second-order valence-corrected chi connectivity index (χ2v) is 2.66. The first kappa shape index (κ1) is 9.70. The first-order valence-electron chi connectivity index (χ1n) is 4.05. The molecular formula is C9H13N3O. The Morgan fingerprint density at radius 3 is 2.77 bits per heavy atom. The van der Waals surface area contributed by atoms with Crippen molar-refractivity contribution in [2.24, 2.45) is 11.5 Å². The van der Waals surface area contributed by atoms with Gasteiger partial charge >= 0.3 is 0 Å². The number of nitrogens with one attached hydrogen (secondary N) is 1. The molecule has 0 unspecified atom stereocenters. The van der Waals surface area contributed by atoms with Crippen LogP contribution in [0.5, 0.6) is 0 Å². The van der Waals surface area contributed by atoms with E-state index in [1.54, 1.807) is 6.07 Å². The predicted molar refractivity (Wildman–Crippen MR) is 52.0 cm³/mol. The van der Waals surface area contributed by atoms with Crippen molar-refractivity contribution < 1.29 is 4.79 Å². The minimum absolute atomic E-state index is 0.00709. The average molecular weight is 179 g/mol. The van der Waals surface area contributed by atoms with Crippen LogP contribution in [0.3, 0.4) is 0 Å². The Morgan fingerprint density at radius 1 is 1.38 bits per heavy atom. The van der Waals surface area contributed by atoms with Crippen molar-refractivity contribution in [2.45, 2.75) is 6.54 Å². The third kappa shape index (κ3) is 2.85. The van der Waals surface area contributed by atoms with E-state index in [1.165, 1.54) is 0 Å². The van der Waals surface area contributed by atoms with Gasteiger partial charge in [0.25, 0.3) is 0 Å². The molecule has 0 radical (unpaired) electrons. The number of hydrogen-bond acceptors (Lipinski definition) is 3. The van der Waals surface area contributed by atoms with Gasteiger partial charge in [0.2, 0.25) is 5.91 Å². The van der Waals surface area contributed by atoms with E-state index >= 15 is 0 Å². The summed E-state index contributed by atoms with van der Waals surface area (Å²) in [6.45, 7) is 0.458. The quantitative estimate of drug-likeness (QED) is 0.613. The highest BCUT2D eigenvalue weighted by Crippen LogP contribution is 2.09. The molecule has 1 amide bonds. The van der Waals surface area contributed by atoms with Gasteiger partial charge in [0.15, 0.2) is 0 Å². The molecule has 0 saturated carbocycles. The molecule has 0 fully saturated rings. The van der Waals surface area contributed by atoms with E-state index < -0.39 is 0 Å². The Labute approximate surface area is 76.9 Å². The molecule has 0 bridgehead atoms. The van der Waals surface area contributed by atoms with Crippen molar-refractivity contribution in [3.05, 3.63) is 29.8 Å². The Balaban J connectivity index is 2.71. The normalized spacial score (nSPS) is 9.69. The molecule has 0 atom stereocenters. The van der Waals surface area contributed by atoms with E-state index in [2.05, 4.69) is 5.32 Å². The van der Waals surface area contributed by atoms with Gasteiger partial charge in [-0.3, -0.25) is 4.79 Å². The molecule has 4 nitrogen and oxygen atoms in total. The van der Waals surface area contributed by atoms with Crippen LogP contribution < -0.4 is 16.8 Å².